The minimum atomic E-state index is -0.496. The molecule has 0 bridgehead atoms. The Hall–Kier alpha value is -1.36. The molecule has 1 heterocycles. The summed E-state index contributed by atoms with van der Waals surface area (Å²) in [5.74, 6) is 0.804. The van der Waals surface area contributed by atoms with E-state index in [9.17, 15) is 5.11 Å². The van der Waals surface area contributed by atoms with E-state index in [0.717, 1.165) is 17.9 Å². The Balaban J connectivity index is 1.83. The van der Waals surface area contributed by atoms with E-state index < -0.39 is 6.10 Å². The van der Waals surface area contributed by atoms with Crippen LogP contribution in [0.1, 0.15) is 22.8 Å². The van der Waals surface area contributed by atoms with Gasteiger partial charge in [0.1, 0.15) is 5.75 Å². The first kappa shape index (κ1) is 14.1. The largest absolute Gasteiger partial charge is 0.497 e. The van der Waals surface area contributed by atoms with Crippen LogP contribution in [0.15, 0.2) is 35.0 Å². The van der Waals surface area contributed by atoms with Crippen molar-refractivity contribution in [3.63, 3.8) is 0 Å². The number of rotatable bonds is 6. The number of aliphatic hydroxyl groups is 1. The van der Waals surface area contributed by atoms with Crippen LogP contribution in [0.4, 0.5) is 0 Å². The maximum absolute atomic E-state index is 10.1. The zero-order chi connectivity index (χ0) is 13.7. The molecule has 102 valence electrons. The second-order valence-corrected chi connectivity index (χ2v) is 5.24. The summed E-state index contributed by atoms with van der Waals surface area (Å²) in [6, 6.07) is 7.51. The third kappa shape index (κ3) is 3.80. The van der Waals surface area contributed by atoms with Crippen molar-refractivity contribution in [2.24, 2.45) is 0 Å². The number of hydrogen-bond donors (Lipinski definition) is 2. The first-order chi connectivity index (χ1) is 9.20. The van der Waals surface area contributed by atoms with Gasteiger partial charge in [-0.15, -0.1) is 0 Å². The summed E-state index contributed by atoms with van der Waals surface area (Å²) < 4.78 is 5.10. The molecule has 1 aromatic carbocycles. The topological polar surface area (TPSA) is 41.5 Å². The van der Waals surface area contributed by atoms with Crippen LogP contribution in [0.3, 0.4) is 0 Å². The number of benzene rings is 1. The van der Waals surface area contributed by atoms with Crippen LogP contribution in [-0.2, 0) is 6.54 Å². The molecule has 3 nitrogen and oxygen atoms in total. The Morgan fingerprint density at radius 3 is 2.58 bits per heavy atom. The Labute approximate surface area is 117 Å². The fourth-order valence-corrected chi connectivity index (χ4v) is 2.71. The molecule has 1 atom stereocenters. The van der Waals surface area contributed by atoms with Crippen LogP contribution < -0.4 is 10.1 Å². The lowest BCUT2D eigenvalue weighted by molar-refractivity contribution is 0.174. The van der Waals surface area contributed by atoms with Gasteiger partial charge in [0, 0.05) is 13.1 Å². The predicted molar refractivity (Wildman–Crippen MR) is 78.7 cm³/mol. The molecule has 2 rings (SSSR count). The average Bonchev–Trinajstić information content (AvgIpc) is 2.84. The molecule has 19 heavy (non-hydrogen) atoms. The van der Waals surface area contributed by atoms with Crippen molar-refractivity contribution in [1.82, 2.24) is 5.32 Å². The van der Waals surface area contributed by atoms with Crippen molar-refractivity contribution in [2.45, 2.75) is 19.6 Å². The van der Waals surface area contributed by atoms with Crippen molar-refractivity contribution >= 4 is 11.3 Å². The highest BCUT2D eigenvalue weighted by Gasteiger charge is 2.07. The highest BCUT2D eigenvalue weighted by molar-refractivity contribution is 7.08. The lowest BCUT2D eigenvalue weighted by Crippen LogP contribution is -2.21. The molecule has 0 saturated heterocycles. The maximum atomic E-state index is 10.1. The van der Waals surface area contributed by atoms with Crippen molar-refractivity contribution in [2.75, 3.05) is 13.7 Å². The fourth-order valence-electron chi connectivity index (χ4n) is 1.86. The van der Waals surface area contributed by atoms with Gasteiger partial charge < -0.3 is 15.2 Å². The molecule has 1 unspecified atom stereocenters. The van der Waals surface area contributed by atoms with Gasteiger partial charge in [-0.1, -0.05) is 12.1 Å². The van der Waals surface area contributed by atoms with Crippen LogP contribution in [-0.4, -0.2) is 18.8 Å². The van der Waals surface area contributed by atoms with Gasteiger partial charge >= 0.3 is 0 Å². The van der Waals surface area contributed by atoms with Crippen LogP contribution in [0.25, 0.3) is 0 Å². The Bertz CT molecular complexity index is 507. The molecular formula is C15H19NO2S. The van der Waals surface area contributed by atoms with Crippen LogP contribution >= 0.6 is 11.3 Å². The van der Waals surface area contributed by atoms with E-state index in [4.69, 9.17) is 4.74 Å². The number of thiophene rings is 1. The minimum Gasteiger partial charge on any atom is -0.497 e. The first-order valence-corrected chi connectivity index (χ1v) is 7.19. The van der Waals surface area contributed by atoms with E-state index in [0.29, 0.717) is 6.54 Å². The molecule has 4 heteroatoms. The summed E-state index contributed by atoms with van der Waals surface area (Å²) >= 11 is 1.71. The van der Waals surface area contributed by atoms with E-state index in [-0.39, 0.29) is 0 Å². The van der Waals surface area contributed by atoms with Gasteiger partial charge in [0.2, 0.25) is 0 Å². The SMILES string of the molecule is COc1ccc(C(O)CNCc2cscc2C)cc1. The Morgan fingerprint density at radius 1 is 1.26 bits per heavy atom. The zero-order valence-corrected chi connectivity index (χ0v) is 12.0. The molecule has 0 fully saturated rings. The third-order valence-corrected chi connectivity index (χ3v) is 4.03. The van der Waals surface area contributed by atoms with E-state index >= 15 is 0 Å². The van der Waals surface area contributed by atoms with Gasteiger partial charge in [0.25, 0.3) is 0 Å². The number of aliphatic hydroxyl groups excluding tert-OH is 1. The van der Waals surface area contributed by atoms with Gasteiger partial charge in [0.15, 0.2) is 0 Å². The third-order valence-electron chi connectivity index (χ3n) is 3.12. The molecular weight excluding hydrogens is 258 g/mol. The molecule has 0 aliphatic carbocycles. The van der Waals surface area contributed by atoms with E-state index in [1.165, 1.54) is 11.1 Å². The first-order valence-electron chi connectivity index (χ1n) is 6.25. The van der Waals surface area contributed by atoms with Gasteiger partial charge in [-0.3, -0.25) is 0 Å². The van der Waals surface area contributed by atoms with E-state index in [1.54, 1.807) is 18.4 Å². The molecule has 0 amide bonds. The standard InChI is InChI=1S/C15H19NO2S/c1-11-9-19-10-13(11)7-16-8-15(17)12-3-5-14(18-2)6-4-12/h3-6,9-10,15-17H,7-8H2,1-2H3. The smallest absolute Gasteiger partial charge is 0.118 e. The van der Waals surface area contributed by atoms with Crippen LogP contribution in [0.5, 0.6) is 5.75 Å². The van der Waals surface area contributed by atoms with Gasteiger partial charge in [-0.2, -0.15) is 11.3 Å². The molecule has 0 radical (unpaired) electrons. The highest BCUT2D eigenvalue weighted by Crippen LogP contribution is 2.17. The molecule has 1 aromatic heterocycles. The van der Waals surface area contributed by atoms with E-state index in [1.807, 2.05) is 24.3 Å². The van der Waals surface area contributed by atoms with Crippen LogP contribution in [0, 0.1) is 6.92 Å². The quantitative estimate of drug-likeness (QED) is 0.853. The van der Waals surface area contributed by atoms with Crippen molar-refractivity contribution < 1.29 is 9.84 Å². The second kappa shape index (κ2) is 6.70. The molecule has 0 spiro atoms. The highest BCUT2D eigenvalue weighted by atomic mass is 32.1. The molecule has 0 aliphatic heterocycles. The monoisotopic (exact) mass is 277 g/mol. The second-order valence-electron chi connectivity index (χ2n) is 4.50. The minimum absolute atomic E-state index is 0.496. The summed E-state index contributed by atoms with van der Waals surface area (Å²) in [4.78, 5) is 0. The Kier molecular flexibility index (Phi) is 4.96. The van der Waals surface area contributed by atoms with Crippen LogP contribution in [0.2, 0.25) is 0 Å². The lowest BCUT2D eigenvalue weighted by Gasteiger charge is -2.12. The molecule has 0 aliphatic rings. The summed E-state index contributed by atoms with van der Waals surface area (Å²) in [6.45, 7) is 3.44. The maximum Gasteiger partial charge on any atom is 0.118 e. The number of aryl methyl sites for hydroxylation is 1. The van der Waals surface area contributed by atoms with Gasteiger partial charge in [0.05, 0.1) is 13.2 Å². The van der Waals surface area contributed by atoms with Gasteiger partial charge in [-0.25, -0.2) is 0 Å². The number of methoxy groups -OCH3 is 1. The molecule has 2 N–H and O–H groups in total. The lowest BCUT2D eigenvalue weighted by atomic mass is 10.1. The summed E-state index contributed by atoms with van der Waals surface area (Å²) in [5, 5.41) is 17.6. The summed E-state index contributed by atoms with van der Waals surface area (Å²) in [6.07, 6.45) is -0.496. The molecule has 0 saturated carbocycles. The predicted octanol–water partition coefficient (Wildman–Crippen LogP) is 2.89. The number of ether oxygens (including phenoxy) is 1. The summed E-state index contributed by atoms with van der Waals surface area (Å²) in [5.41, 5.74) is 3.50. The summed E-state index contributed by atoms with van der Waals surface area (Å²) in [7, 11) is 1.64. The average molecular weight is 277 g/mol. The molecule has 2 aromatic rings. The van der Waals surface area contributed by atoms with E-state index in [2.05, 4.69) is 23.0 Å². The van der Waals surface area contributed by atoms with Crippen molar-refractivity contribution in [3.05, 3.63) is 51.7 Å². The Morgan fingerprint density at radius 2 is 2.00 bits per heavy atom. The van der Waals surface area contributed by atoms with Gasteiger partial charge in [-0.05, 0) is 46.5 Å². The number of nitrogens with one attached hydrogen (secondary N) is 1. The zero-order valence-electron chi connectivity index (χ0n) is 11.2. The van der Waals surface area contributed by atoms with Crippen molar-refractivity contribution in [1.29, 1.82) is 0 Å². The van der Waals surface area contributed by atoms with Crippen molar-refractivity contribution in [3.8, 4) is 5.75 Å². The number of hydrogen-bond acceptors (Lipinski definition) is 4. The fraction of sp³-hybridized carbons (Fsp3) is 0.333. The normalized spacial score (nSPS) is 12.4.